The first-order chi connectivity index (χ1) is 15.3. The second kappa shape index (κ2) is 10.5. The summed E-state index contributed by atoms with van der Waals surface area (Å²) < 4.78 is 12.4. The van der Waals surface area contributed by atoms with Gasteiger partial charge < -0.3 is 14.8 Å². The summed E-state index contributed by atoms with van der Waals surface area (Å²) in [6, 6.07) is 16.0. The number of thioether (sulfide) groups is 1. The maximum absolute atomic E-state index is 6.40. The van der Waals surface area contributed by atoms with Crippen LogP contribution in [0.4, 0.5) is 5.69 Å². The fourth-order valence-electron chi connectivity index (χ4n) is 3.41. The first-order valence-electron chi connectivity index (χ1n) is 10.9. The first-order valence-corrected chi connectivity index (χ1v) is 11.9. The Morgan fingerprint density at radius 3 is 2.71 bits per heavy atom. The van der Waals surface area contributed by atoms with Crippen LogP contribution in [0.1, 0.15) is 51.3 Å². The lowest BCUT2D eigenvalue weighted by Gasteiger charge is -2.21. The minimum atomic E-state index is -0.454. The topological polar surface area (TPSA) is 69.2 Å². The Balaban J connectivity index is 1.68. The molecule has 7 heteroatoms. The molecular weight excluding hydrogens is 408 g/mol. The number of para-hydroxylation sites is 2. The normalized spacial score (nSPS) is 14.6. The van der Waals surface area contributed by atoms with Crippen LogP contribution in [0.3, 0.4) is 0 Å². The van der Waals surface area contributed by atoms with Crippen LogP contribution in [0.2, 0.25) is 0 Å². The Morgan fingerprint density at radius 1 is 1.00 bits per heavy atom. The molecule has 0 bridgehead atoms. The van der Waals surface area contributed by atoms with Gasteiger partial charge in [0.25, 0.3) is 0 Å². The second-order valence-electron chi connectivity index (χ2n) is 7.38. The van der Waals surface area contributed by atoms with Gasteiger partial charge in [0, 0.05) is 17.0 Å². The monoisotopic (exact) mass is 436 g/mol. The van der Waals surface area contributed by atoms with Crippen molar-refractivity contribution < 1.29 is 9.47 Å². The zero-order chi connectivity index (χ0) is 21.5. The SMILES string of the molecule is CCCCCSc1nnc2c(n1)O[C@H](c1ccccc1OCCC)Nc1ccccc1-2. The van der Waals surface area contributed by atoms with Crippen molar-refractivity contribution in [2.75, 3.05) is 17.7 Å². The zero-order valence-corrected chi connectivity index (χ0v) is 18.8. The van der Waals surface area contributed by atoms with Gasteiger partial charge in [-0.2, -0.15) is 4.98 Å². The predicted molar refractivity (Wildman–Crippen MR) is 125 cm³/mol. The van der Waals surface area contributed by atoms with E-state index in [9.17, 15) is 0 Å². The highest BCUT2D eigenvalue weighted by molar-refractivity contribution is 7.99. The van der Waals surface area contributed by atoms with E-state index < -0.39 is 6.23 Å². The van der Waals surface area contributed by atoms with Gasteiger partial charge in [0.2, 0.25) is 17.3 Å². The van der Waals surface area contributed by atoms with Gasteiger partial charge in [-0.25, -0.2) is 0 Å². The minimum Gasteiger partial charge on any atom is -0.493 e. The van der Waals surface area contributed by atoms with Crippen molar-refractivity contribution in [2.45, 2.75) is 50.9 Å². The van der Waals surface area contributed by atoms with Gasteiger partial charge in [-0.1, -0.05) is 68.8 Å². The van der Waals surface area contributed by atoms with E-state index in [1.807, 2.05) is 48.5 Å². The van der Waals surface area contributed by atoms with E-state index in [4.69, 9.17) is 14.5 Å². The van der Waals surface area contributed by atoms with Crippen LogP contribution in [-0.4, -0.2) is 27.5 Å². The van der Waals surface area contributed by atoms with E-state index in [1.54, 1.807) is 11.8 Å². The molecule has 1 aliphatic heterocycles. The summed E-state index contributed by atoms with van der Waals surface area (Å²) in [5.74, 6) is 2.26. The molecule has 1 N–H and O–H groups in total. The van der Waals surface area contributed by atoms with Crippen LogP contribution in [0, 0.1) is 0 Å². The largest absolute Gasteiger partial charge is 0.493 e. The minimum absolute atomic E-state index is 0.454. The summed E-state index contributed by atoms with van der Waals surface area (Å²) in [4.78, 5) is 4.72. The number of nitrogens with one attached hydrogen (secondary N) is 1. The molecule has 31 heavy (non-hydrogen) atoms. The quantitative estimate of drug-likeness (QED) is 0.320. The van der Waals surface area contributed by atoms with Crippen molar-refractivity contribution in [2.24, 2.45) is 0 Å². The maximum Gasteiger partial charge on any atom is 0.247 e. The van der Waals surface area contributed by atoms with Crippen molar-refractivity contribution in [3.05, 3.63) is 54.1 Å². The summed E-state index contributed by atoms with van der Waals surface area (Å²) in [6.45, 7) is 4.95. The van der Waals surface area contributed by atoms with E-state index in [2.05, 4.69) is 29.4 Å². The Morgan fingerprint density at radius 2 is 1.84 bits per heavy atom. The van der Waals surface area contributed by atoms with Crippen molar-refractivity contribution in [3.63, 3.8) is 0 Å². The molecule has 2 aromatic carbocycles. The molecule has 0 saturated heterocycles. The average Bonchev–Trinajstić information content (AvgIpc) is 2.97. The highest BCUT2D eigenvalue weighted by atomic mass is 32.2. The summed E-state index contributed by atoms with van der Waals surface area (Å²) >= 11 is 1.62. The van der Waals surface area contributed by atoms with E-state index in [-0.39, 0.29) is 0 Å². The number of benzene rings is 2. The lowest BCUT2D eigenvalue weighted by Crippen LogP contribution is -2.18. The van der Waals surface area contributed by atoms with E-state index >= 15 is 0 Å². The highest BCUT2D eigenvalue weighted by Crippen LogP contribution is 2.41. The van der Waals surface area contributed by atoms with Gasteiger partial charge in [-0.05, 0) is 31.0 Å². The Labute approximate surface area is 187 Å². The highest BCUT2D eigenvalue weighted by Gasteiger charge is 2.27. The number of fused-ring (bicyclic) bond motifs is 3. The maximum atomic E-state index is 6.40. The van der Waals surface area contributed by atoms with E-state index in [0.29, 0.717) is 23.3 Å². The third kappa shape index (κ3) is 5.10. The van der Waals surface area contributed by atoms with E-state index in [1.165, 1.54) is 12.8 Å². The number of hydrogen-bond acceptors (Lipinski definition) is 7. The Bertz CT molecular complexity index is 1010. The number of unbranched alkanes of at least 4 members (excludes halogenated alkanes) is 2. The summed E-state index contributed by atoms with van der Waals surface area (Å²) in [5.41, 5.74) is 3.43. The molecule has 162 valence electrons. The van der Waals surface area contributed by atoms with Gasteiger partial charge in [-0.15, -0.1) is 10.2 Å². The first kappa shape index (κ1) is 21.4. The van der Waals surface area contributed by atoms with Crippen molar-refractivity contribution in [1.29, 1.82) is 0 Å². The average molecular weight is 437 g/mol. The molecule has 1 atom stereocenters. The number of rotatable bonds is 9. The van der Waals surface area contributed by atoms with Crippen molar-refractivity contribution in [1.82, 2.24) is 15.2 Å². The van der Waals surface area contributed by atoms with Crippen LogP contribution in [0.5, 0.6) is 11.6 Å². The van der Waals surface area contributed by atoms with Gasteiger partial charge >= 0.3 is 0 Å². The summed E-state index contributed by atoms with van der Waals surface area (Å²) in [6.07, 6.45) is 4.02. The molecule has 0 fully saturated rings. The van der Waals surface area contributed by atoms with Crippen molar-refractivity contribution in [3.8, 4) is 22.9 Å². The number of aromatic nitrogens is 3. The van der Waals surface area contributed by atoms with Gasteiger partial charge in [0.05, 0.1) is 12.2 Å². The third-order valence-corrected chi connectivity index (χ3v) is 5.90. The van der Waals surface area contributed by atoms with Gasteiger partial charge in [0.1, 0.15) is 5.75 Å². The van der Waals surface area contributed by atoms with Gasteiger partial charge in [0.15, 0.2) is 5.69 Å². The van der Waals surface area contributed by atoms with E-state index in [0.717, 1.165) is 41.2 Å². The molecule has 1 aliphatic rings. The molecule has 4 rings (SSSR count). The summed E-state index contributed by atoms with van der Waals surface area (Å²) in [7, 11) is 0. The van der Waals surface area contributed by atoms with Crippen LogP contribution in [0.25, 0.3) is 11.3 Å². The Kier molecular flexibility index (Phi) is 7.25. The standard InChI is InChI=1S/C24H28N4O2S/c1-3-5-10-16-31-24-26-23-21(27-28-24)17-11-6-8-13-19(17)25-22(30-23)18-12-7-9-14-20(18)29-15-4-2/h6-9,11-14,22,25H,3-5,10,15-16H2,1-2H3/t22-/m1/s1. The molecule has 0 spiro atoms. The molecule has 0 saturated carbocycles. The molecule has 0 aliphatic carbocycles. The van der Waals surface area contributed by atoms with Crippen LogP contribution >= 0.6 is 11.8 Å². The van der Waals surface area contributed by atoms with Crippen molar-refractivity contribution >= 4 is 17.4 Å². The molecule has 6 nitrogen and oxygen atoms in total. The fourth-order valence-corrected chi connectivity index (χ4v) is 4.18. The molecule has 1 aromatic heterocycles. The van der Waals surface area contributed by atoms with Crippen LogP contribution < -0.4 is 14.8 Å². The molecule has 3 aromatic rings. The fraction of sp³-hybridized carbons (Fsp3) is 0.375. The predicted octanol–water partition coefficient (Wildman–Crippen LogP) is 6.11. The zero-order valence-electron chi connectivity index (χ0n) is 18.0. The molecular formula is C24H28N4O2S. The third-order valence-electron chi connectivity index (χ3n) is 4.98. The van der Waals surface area contributed by atoms with Crippen LogP contribution in [-0.2, 0) is 0 Å². The smallest absolute Gasteiger partial charge is 0.247 e. The molecule has 0 radical (unpaired) electrons. The number of hydrogen-bond donors (Lipinski definition) is 1. The number of ether oxygens (including phenoxy) is 2. The number of nitrogens with zero attached hydrogens (tertiary/aromatic N) is 3. The van der Waals surface area contributed by atoms with Crippen LogP contribution in [0.15, 0.2) is 53.7 Å². The number of anilines is 1. The molecule has 0 amide bonds. The van der Waals surface area contributed by atoms with Gasteiger partial charge in [-0.3, -0.25) is 0 Å². The second-order valence-corrected chi connectivity index (χ2v) is 8.44. The molecule has 0 unspecified atom stereocenters. The Hall–Kier alpha value is -2.80. The summed E-state index contributed by atoms with van der Waals surface area (Å²) in [5, 5.41) is 13.0. The lowest BCUT2D eigenvalue weighted by atomic mass is 10.1. The lowest BCUT2D eigenvalue weighted by molar-refractivity contribution is 0.215. The molecule has 2 heterocycles.